The average molecular weight is 478 g/mol. The Morgan fingerprint density at radius 1 is 0.972 bits per heavy atom. The van der Waals surface area contributed by atoms with Crippen LogP contribution in [-0.2, 0) is 11.2 Å². The number of benzene rings is 3. The molecule has 3 aromatic carbocycles. The molecular weight excluding hydrogens is 442 g/mol. The molecule has 2 N–H and O–H groups in total. The fourth-order valence-corrected chi connectivity index (χ4v) is 6.06. The van der Waals surface area contributed by atoms with E-state index in [1.54, 1.807) is 0 Å². The van der Waals surface area contributed by atoms with Gasteiger partial charge in [0.1, 0.15) is 0 Å². The van der Waals surface area contributed by atoms with Crippen molar-refractivity contribution in [2.24, 2.45) is 5.92 Å². The molecular formula is C32H35N3O. The number of carbonyl (C=O) groups excluding carboxylic acids is 1. The zero-order chi connectivity index (χ0) is 24.7. The van der Waals surface area contributed by atoms with Crippen molar-refractivity contribution in [1.29, 1.82) is 5.26 Å². The van der Waals surface area contributed by atoms with Crippen molar-refractivity contribution in [1.82, 2.24) is 10.6 Å². The monoisotopic (exact) mass is 477 g/mol. The summed E-state index contributed by atoms with van der Waals surface area (Å²) in [5.74, 6) is 1.55. The van der Waals surface area contributed by atoms with Crippen LogP contribution in [0.15, 0.2) is 72.8 Å². The molecule has 1 aliphatic heterocycles. The molecule has 5 rings (SSSR count). The zero-order valence-corrected chi connectivity index (χ0v) is 20.9. The molecule has 3 aromatic rings. The second-order valence-corrected chi connectivity index (χ2v) is 10.3. The van der Waals surface area contributed by atoms with E-state index in [1.807, 2.05) is 24.3 Å². The summed E-state index contributed by atoms with van der Waals surface area (Å²) in [5.41, 5.74) is 7.02. The van der Waals surface area contributed by atoms with E-state index in [0.717, 1.165) is 56.3 Å². The smallest absolute Gasteiger partial charge is 0.220 e. The fraction of sp³-hybridized carbons (Fsp3) is 0.375. The number of hydrogen-bond acceptors (Lipinski definition) is 3. The Balaban J connectivity index is 1.23. The van der Waals surface area contributed by atoms with Crippen molar-refractivity contribution in [2.45, 2.75) is 50.4 Å². The predicted octanol–water partition coefficient (Wildman–Crippen LogP) is 5.93. The van der Waals surface area contributed by atoms with Crippen LogP contribution >= 0.6 is 0 Å². The van der Waals surface area contributed by atoms with Crippen LogP contribution in [0.4, 0.5) is 0 Å². The van der Waals surface area contributed by atoms with Crippen molar-refractivity contribution in [2.75, 3.05) is 19.6 Å². The average Bonchev–Trinajstić information content (AvgIpc) is 3.36. The maximum absolute atomic E-state index is 12.9. The lowest BCUT2D eigenvalue weighted by molar-refractivity contribution is -0.121. The summed E-state index contributed by atoms with van der Waals surface area (Å²) in [7, 11) is 0. The molecule has 1 saturated heterocycles. The first-order valence-electron chi connectivity index (χ1n) is 13.4. The molecule has 2 aliphatic rings. The molecule has 0 spiro atoms. The van der Waals surface area contributed by atoms with Crippen LogP contribution in [0.3, 0.4) is 0 Å². The van der Waals surface area contributed by atoms with Crippen molar-refractivity contribution < 1.29 is 4.79 Å². The number of hydrogen-bond donors (Lipinski definition) is 2. The molecule has 0 aromatic heterocycles. The molecule has 1 fully saturated rings. The largest absolute Gasteiger partial charge is 0.355 e. The number of nitriles is 1. The van der Waals surface area contributed by atoms with Gasteiger partial charge in [-0.25, -0.2) is 0 Å². The van der Waals surface area contributed by atoms with Gasteiger partial charge in [0.05, 0.1) is 11.6 Å². The summed E-state index contributed by atoms with van der Waals surface area (Å²) in [5, 5.41) is 16.0. The van der Waals surface area contributed by atoms with E-state index in [1.165, 1.54) is 16.7 Å². The highest BCUT2D eigenvalue weighted by Gasteiger charge is 2.26. The van der Waals surface area contributed by atoms with E-state index in [4.69, 9.17) is 0 Å². The maximum atomic E-state index is 12.9. The molecule has 1 heterocycles. The number of fused-ring (bicyclic) bond motifs is 1. The van der Waals surface area contributed by atoms with Gasteiger partial charge in [0.2, 0.25) is 5.91 Å². The number of aryl methyl sites for hydroxylation is 1. The normalized spacial score (nSPS) is 18.2. The number of nitrogens with one attached hydrogen (secondary N) is 2. The molecule has 4 heteroatoms. The number of piperidine rings is 1. The third-order valence-electron chi connectivity index (χ3n) is 8.11. The summed E-state index contributed by atoms with van der Waals surface area (Å²) >= 11 is 0. The Hall–Kier alpha value is -3.42. The summed E-state index contributed by atoms with van der Waals surface area (Å²) in [6.07, 6.45) is 6.07. The van der Waals surface area contributed by atoms with Crippen molar-refractivity contribution in [3.05, 3.63) is 95.1 Å². The van der Waals surface area contributed by atoms with Crippen LogP contribution in [0.1, 0.15) is 66.2 Å². The summed E-state index contributed by atoms with van der Waals surface area (Å²) in [6, 6.07) is 27.4. The van der Waals surface area contributed by atoms with Crippen LogP contribution in [0.2, 0.25) is 0 Å². The van der Waals surface area contributed by atoms with Gasteiger partial charge in [-0.3, -0.25) is 4.79 Å². The summed E-state index contributed by atoms with van der Waals surface area (Å²) in [4.78, 5) is 12.9. The minimum absolute atomic E-state index is 0.170. The van der Waals surface area contributed by atoms with Crippen LogP contribution in [0, 0.1) is 17.2 Å². The second-order valence-electron chi connectivity index (χ2n) is 10.3. The topological polar surface area (TPSA) is 64.9 Å². The van der Waals surface area contributed by atoms with Gasteiger partial charge in [0.15, 0.2) is 0 Å². The Labute approximate surface area is 214 Å². The Bertz CT molecular complexity index is 1220. The maximum Gasteiger partial charge on any atom is 0.220 e. The molecule has 2 atom stereocenters. The summed E-state index contributed by atoms with van der Waals surface area (Å²) < 4.78 is 0. The highest BCUT2D eigenvalue weighted by atomic mass is 16.1. The lowest BCUT2D eigenvalue weighted by Gasteiger charge is -2.31. The number of carbonyl (C=O) groups is 1. The fourth-order valence-electron chi connectivity index (χ4n) is 6.06. The van der Waals surface area contributed by atoms with E-state index in [0.29, 0.717) is 36.3 Å². The van der Waals surface area contributed by atoms with Gasteiger partial charge in [-0.15, -0.1) is 0 Å². The van der Waals surface area contributed by atoms with Gasteiger partial charge in [0.25, 0.3) is 0 Å². The molecule has 2 unspecified atom stereocenters. The van der Waals surface area contributed by atoms with Crippen LogP contribution < -0.4 is 10.6 Å². The minimum atomic E-state index is 0.170. The molecule has 36 heavy (non-hydrogen) atoms. The Morgan fingerprint density at radius 2 is 1.78 bits per heavy atom. The van der Waals surface area contributed by atoms with Crippen LogP contribution in [0.5, 0.6) is 0 Å². The zero-order valence-electron chi connectivity index (χ0n) is 20.9. The van der Waals surface area contributed by atoms with Crippen LogP contribution in [-0.4, -0.2) is 25.5 Å². The number of amides is 1. The van der Waals surface area contributed by atoms with Gasteiger partial charge < -0.3 is 10.6 Å². The van der Waals surface area contributed by atoms with Crippen molar-refractivity contribution in [3.8, 4) is 17.2 Å². The molecule has 0 radical (unpaired) electrons. The standard InChI is InChI=1S/C32H35N3O/c33-21-23-4-3-6-29(20-23)24-8-10-27(11-9-24)31(28-16-18-34-19-17-28)22-35-32(36)15-14-26-13-12-25-5-1-2-7-30(25)26/h1-11,20,26,28,31,34H,12-19,22H2,(H,35,36). The number of nitrogens with zero attached hydrogens (tertiary/aromatic N) is 1. The SMILES string of the molecule is N#Cc1cccc(-c2ccc(C(CNC(=O)CCC3CCc4ccccc43)C3CCNCC3)cc2)c1. The first-order chi connectivity index (χ1) is 17.7. The third kappa shape index (κ3) is 5.69. The van der Waals surface area contributed by atoms with Gasteiger partial charge in [-0.05, 0) is 97.0 Å². The lowest BCUT2D eigenvalue weighted by atomic mass is 9.80. The number of rotatable bonds is 8. The highest BCUT2D eigenvalue weighted by molar-refractivity contribution is 5.76. The van der Waals surface area contributed by atoms with Crippen LogP contribution in [0.25, 0.3) is 11.1 Å². The van der Waals surface area contributed by atoms with E-state index in [-0.39, 0.29) is 5.91 Å². The van der Waals surface area contributed by atoms with E-state index in [2.05, 4.69) is 65.2 Å². The molecule has 0 bridgehead atoms. The van der Waals surface area contributed by atoms with Gasteiger partial charge in [-0.2, -0.15) is 5.26 Å². The van der Waals surface area contributed by atoms with Gasteiger partial charge in [0, 0.05) is 18.9 Å². The van der Waals surface area contributed by atoms with Crippen molar-refractivity contribution in [3.63, 3.8) is 0 Å². The molecule has 184 valence electrons. The molecule has 0 saturated carbocycles. The first-order valence-corrected chi connectivity index (χ1v) is 13.4. The molecule has 1 amide bonds. The van der Waals surface area contributed by atoms with E-state index >= 15 is 0 Å². The highest BCUT2D eigenvalue weighted by Crippen LogP contribution is 2.36. The minimum Gasteiger partial charge on any atom is -0.355 e. The quantitative estimate of drug-likeness (QED) is 0.422. The first kappa shape index (κ1) is 24.3. The third-order valence-corrected chi connectivity index (χ3v) is 8.11. The Kier molecular flexibility index (Phi) is 7.79. The van der Waals surface area contributed by atoms with E-state index < -0.39 is 0 Å². The van der Waals surface area contributed by atoms with E-state index in [9.17, 15) is 10.1 Å². The lowest BCUT2D eigenvalue weighted by Crippen LogP contribution is -2.36. The van der Waals surface area contributed by atoms with Gasteiger partial charge >= 0.3 is 0 Å². The van der Waals surface area contributed by atoms with Gasteiger partial charge in [-0.1, -0.05) is 60.7 Å². The molecule has 1 aliphatic carbocycles. The Morgan fingerprint density at radius 3 is 2.58 bits per heavy atom. The predicted molar refractivity (Wildman–Crippen MR) is 145 cm³/mol. The molecule has 4 nitrogen and oxygen atoms in total. The second kappa shape index (κ2) is 11.5. The van der Waals surface area contributed by atoms with Crippen molar-refractivity contribution >= 4 is 5.91 Å². The summed E-state index contributed by atoms with van der Waals surface area (Å²) in [6.45, 7) is 2.76.